The maximum atomic E-state index is 11.3. The number of anilines is 1. The summed E-state index contributed by atoms with van der Waals surface area (Å²) in [4.78, 5) is 13.6. The number of hydrogen-bond donors (Lipinski definition) is 0. The number of aryl methyl sites for hydroxylation is 1. The Morgan fingerprint density at radius 2 is 2.11 bits per heavy atom. The van der Waals surface area contributed by atoms with Gasteiger partial charge in [-0.2, -0.15) is 0 Å². The highest BCUT2D eigenvalue weighted by atomic mass is 16.5. The fourth-order valence-corrected chi connectivity index (χ4v) is 2.00. The molecule has 18 heavy (non-hydrogen) atoms. The van der Waals surface area contributed by atoms with Gasteiger partial charge in [0.1, 0.15) is 5.75 Å². The quantitative estimate of drug-likeness (QED) is 0.608. The highest BCUT2D eigenvalue weighted by Gasteiger charge is 2.14. The molecule has 0 unspecified atom stereocenters. The summed E-state index contributed by atoms with van der Waals surface area (Å²) >= 11 is 0. The molecule has 0 amide bonds. The maximum absolute atomic E-state index is 11.3. The van der Waals surface area contributed by atoms with E-state index in [1.165, 1.54) is 5.56 Å². The third kappa shape index (κ3) is 3.01. The van der Waals surface area contributed by atoms with Gasteiger partial charge in [-0.05, 0) is 18.6 Å². The number of ether oxygens (including phenoxy) is 2. The predicted octanol–water partition coefficient (Wildman–Crippen LogP) is 2.15. The van der Waals surface area contributed by atoms with Crippen LogP contribution in [0.3, 0.4) is 0 Å². The van der Waals surface area contributed by atoms with Gasteiger partial charge in [0, 0.05) is 31.3 Å². The van der Waals surface area contributed by atoms with Crippen molar-refractivity contribution in [1.29, 1.82) is 0 Å². The average Bonchev–Trinajstić information content (AvgIpc) is 2.42. The fraction of sp³-hybridized carbons (Fsp3) is 0.500. The highest BCUT2D eigenvalue weighted by Crippen LogP contribution is 2.26. The first kappa shape index (κ1) is 12.9. The summed E-state index contributed by atoms with van der Waals surface area (Å²) in [7, 11) is 0. The number of hydrogen-bond acceptors (Lipinski definition) is 4. The molecular weight excluding hydrogens is 230 g/mol. The van der Waals surface area contributed by atoms with Crippen LogP contribution in [0, 0.1) is 6.92 Å². The number of esters is 1. The zero-order valence-corrected chi connectivity index (χ0v) is 10.9. The molecule has 1 aliphatic heterocycles. The van der Waals surface area contributed by atoms with Gasteiger partial charge >= 0.3 is 5.97 Å². The minimum absolute atomic E-state index is 0.202. The molecular formula is C14H19NO3. The zero-order valence-electron chi connectivity index (χ0n) is 10.9. The normalized spacial score (nSPS) is 15.6. The molecule has 1 saturated heterocycles. The first-order valence-electron chi connectivity index (χ1n) is 6.34. The Morgan fingerprint density at radius 1 is 1.39 bits per heavy atom. The molecule has 0 N–H and O–H groups in total. The summed E-state index contributed by atoms with van der Waals surface area (Å²) in [5.74, 6) is 0.417. The van der Waals surface area contributed by atoms with Crippen LogP contribution in [0.2, 0.25) is 0 Å². The monoisotopic (exact) mass is 249 g/mol. The SMILES string of the molecule is CCC(=O)Oc1ccc(C)c(N2CCOCC2)c1. The van der Waals surface area contributed by atoms with E-state index in [1.54, 1.807) is 6.92 Å². The van der Waals surface area contributed by atoms with Gasteiger partial charge in [0.05, 0.1) is 13.2 Å². The minimum Gasteiger partial charge on any atom is -0.426 e. The number of rotatable bonds is 3. The molecule has 2 rings (SSSR count). The largest absolute Gasteiger partial charge is 0.426 e. The second-order valence-corrected chi connectivity index (χ2v) is 4.38. The molecule has 0 atom stereocenters. The van der Waals surface area contributed by atoms with Crippen LogP contribution in [0.25, 0.3) is 0 Å². The molecule has 1 aromatic carbocycles. The number of morpholine rings is 1. The van der Waals surface area contributed by atoms with E-state index < -0.39 is 0 Å². The molecule has 4 nitrogen and oxygen atoms in total. The Kier molecular flexibility index (Phi) is 4.20. The number of benzene rings is 1. The Morgan fingerprint density at radius 3 is 2.78 bits per heavy atom. The van der Waals surface area contributed by atoms with Crippen molar-refractivity contribution in [3.63, 3.8) is 0 Å². The van der Waals surface area contributed by atoms with Crippen molar-refractivity contribution in [1.82, 2.24) is 0 Å². The lowest BCUT2D eigenvalue weighted by atomic mass is 10.1. The molecule has 0 aliphatic carbocycles. The van der Waals surface area contributed by atoms with E-state index in [0.717, 1.165) is 32.0 Å². The van der Waals surface area contributed by atoms with Gasteiger partial charge in [-0.1, -0.05) is 13.0 Å². The van der Waals surface area contributed by atoms with E-state index in [0.29, 0.717) is 12.2 Å². The van der Waals surface area contributed by atoms with Crippen molar-refractivity contribution in [2.24, 2.45) is 0 Å². The van der Waals surface area contributed by atoms with Crippen LogP contribution < -0.4 is 9.64 Å². The van der Waals surface area contributed by atoms with Crippen molar-refractivity contribution in [3.05, 3.63) is 23.8 Å². The summed E-state index contributed by atoms with van der Waals surface area (Å²) in [6.45, 7) is 7.12. The van der Waals surface area contributed by atoms with Crippen LogP contribution in [-0.2, 0) is 9.53 Å². The molecule has 0 spiro atoms. The lowest BCUT2D eigenvalue weighted by molar-refractivity contribution is -0.134. The van der Waals surface area contributed by atoms with Gasteiger partial charge in [-0.3, -0.25) is 4.79 Å². The fourth-order valence-electron chi connectivity index (χ4n) is 2.00. The Balaban J connectivity index is 2.17. The second kappa shape index (κ2) is 5.87. The van der Waals surface area contributed by atoms with Gasteiger partial charge in [-0.15, -0.1) is 0 Å². The third-order valence-corrected chi connectivity index (χ3v) is 3.05. The topological polar surface area (TPSA) is 38.8 Å². The lowest BCUT2D eigenvalue weighted by Gasteiger charge is -2.30. The van der Waals surface area contributed by atoms with Gasteiger partial charge in [0.15, 0.2) is 0 Å². The molecule has 1 aliphatic rings. The Bertz CT molecular complexity index is 425. The number of nitrogens with zero attached hydrogens (tertiary/aromatic N) is 1. The summed E-state index contributed by atoms with van der Waals surface area (Å²) in [5.41, 5.74) is 2.31. The van der Waals surface area contributed by atoms with Crippen LogP contribution in [0.15, 0.2) is 18.2 Å². The van der Waals surface area contributed by atoms with Crippen molar-refractivity contribution in [2.45, 2.75) is 20.3 Å². The van der Waals surface area contributed by atoms with Crippen LogP contribution >= 0.6 is 0 Å². The molecule has 0 bridgehead atoms. The van der Waals surface area contributed by atoms with Crippen LogP contribution in [0.4, 0.5) is 5.69 Å². The van der Waals surface area contributed by atoms with Gasteiger partial charge in [-0.25, -0.2) is 0 Å². The zero-order chi connectivity index (χ0) is 13.0. The molecule has 0 radical (unpaired) electrons. The highest BCUT2D eigenvalue weighted by molar-refractivity contribution is 5.72. The van der Waals surface area contributed by atoms with E-state index in [1.807, 2.05) is 18.2 Å². The summed E-state index contributed by atoms with van der Waals surface area (Å²) in [5, 5.41) is 0. The lowest BCUT2D eigenvalue weighted by Crippen LogP contribution is -2.36. The summed E-state index contributed by atoms with van der Waals surface area (Å²) in [6.07, 6.45) is 0.390. The van der Waals surface area contributed by atoms with E-state index >= 15 is 0 Å². The first-order valence-corrected chi connectivity index (χ1v) is 6.34. The number of carbonyl (C=O) groups is 1. The second-order valence-electron chi connectivity index (χ2n) is 4.38. The molecule has 0 aromatic heterocycles. The average molecular weight is 249 g/mol. The predicted molar refractivity (Wildman–Crippen MR) is 70.1 cm³/mol. The van der Waals surface area contributed by atoms with E-state index in [2.05, 4.69) is 11.8 Å². The van der Waals surface area contributed by atoms with E-state index in [-0.39, 0.29) is 5.97 Å². The third-order valence-electron chi connectivity index (χ3n) is 3.05. The molecule has 1 aromatic rings. The smallest absolute Gasteiger partial charge is 0.310 e. The van der Waals surface area contributed by atoms with Gasteiger partial charge in [0.2, 0.25) is 0 Å². The molecule has 1 heterocycles. The Labute approximate surface area is 107 Å². The molecule has 1 fully saturated rings. The van der Waals surface area contributed by atoms with E-state index in [4.69, 9.17) is 9.47 Å². The van der Waals surface area contributed by atoms with Gasteiger partial charge < -0.3 is 14.4 Å². The number of carbonyl (C=O) groups excluding carboxylic acids is 1. The standard InChI is InChI=1S/C14H19NO3/c1-3-14(16)18-12-5-4-11(2)13(10-12)15-6-8-17-9-7-15/h4-5,10H,3,6-9H2,1-2H3. The van der Waals surface area contributed by atoms with Crippen LogP contribution in [-0.4, -0.2) is 32.3 Å². The van der Waals surface area contributed by atoms with Crippen LogP contribution in [0.5, 0.6) is 5.75 Å². The first-order chi connectivity index (χ1) is 8.70. The van der Waals surface area contributed by atoms with Crippen molar-refractivity contribution in [2.75, 3.05) is 31.2 Å². The maximum Gasteiger partial charge on any atom is 0.310 e. The van der Waals surface area contributed by atoms with Crippen molar-refractivity contribution >= 4 is 11.7 Å². The Hall–Kier alpha value is -1.55. The molecule has 98 valence electrons. The van der Waals surface area contributed by atoms with Crippen molar-refractivity contribution < 1.29 is 14.3 Å². The molecule has 0 saturated carbocycles. The van der Waals surface area contributed by atoms with Crippen molar-refractivity contribution in [3.8, 4) is 5.75 Å². The van der Waals surface area contributed by atoms with Gasteiger partial charge in [0.25, 0.3) is 0 Å². The molecule has 4 heteroatoms. The van der Waals surface area contributed by atoms with E-state index in [9.17, 15) is 4.79 Å². The summed E-state index contributed by atoms with van der Waals surface area (Å²) < 4.78 is 10.6. The van der Waals surface area contributed by atoms with Crippen LogP contribution in [0.1, 0.15) is 18.9 Å². The summed E-state index contributed by atoms with van der Waals surface area (Å²) in [6, 6.07) is 5.77. The minimum atomic E-state index is -0.202.